The maximum atomic E-state index is 12.2. The van der Waals surface area contributed by atoms with Crippen molar-refractivity contribution in [2.24, 2.45) is 0 Å². The lowest BCUT2D eigenvalue weighted by atomic mass is 10.2. The molecule has 3 N–H and O–H groups in total. The molecule has 0 aromatic heterocycles. The fourth-order valence-electron chi connectivity index (χ4n) is 2.57. The lowest BCUT2D eigenvalue weighted by molar-refractivity contribution is -0.111. The van der Waals surface area contributed by atoms with Crippen LogP contribution in [0, 0.1) is 0 Å². The first-order valence-electron chi connectivity index (χ1n) is 8.83. The van der Waals surface area contributed by atoms with Crippen molar-refractivity contribution in [1.29, 1.82) is 0 Å². The molecule has 0 atom stereocenters. The third-order valence-corrected chi connectivity index (χ3v) is 4.04. The van der Waals surface area contributed by atoms with Gasteiger partial charge >= 0.3 is 0 Å². The van der Waals surface area contributed by atoms with E-state index in [1.807, 2.05) is 54.6 Å². The highest BCUT2D eigenvalue weighted by Gasteiger charge is 2.05. The highest BCUT2D eigenvalue weighted by atomic mass is 16.5. The summed E-state index contributed by atoms with van der Waals surface area (Å²) in [6.07, 6.45) is 3.20. The summed E-state index contributed by atoms with van der Waals surface area (Å²) >= 11 is 0. The molecule has 0 saturated heterocycles. The van der Waals surface area contributed by atoms with Crippen LogP contribution in [-0.2, 0) is 11.4 Å². The third kappa shape index (κ3) is 5.38. The second kappa shape index (κ2) is 9.28. The van der Waals surface area contributed by atoms with E-state index in [0.29, 0.717) is 23.7 Å². The summed E-state index contributed by atoms with van der Waals surface area (Å²) in [6, 6.07) is 22.6. The van der Waals surface area contributed by atoms with Crippen LogP contribution in [0.5, 0.6) is 11.5 Å². The van der Waals surface area contributed by atoms with Crippen molar-refractivity contribution < 1.29 is 14.3 Å². The predicted octanol–water partition coefficient (Wildman–Crippen LogP) is 4.51. The third-order valence-electron chi connectivity index (χ3n) is 4.04. The van der Waals surface area contributed by atoms with Crippen molar-refractivity contribution in [2.75, 3.05) is 18.2 Å². The van der Waals surface area contributed by atoms with Crippen molar-refractivity contribution in [3.05, 3.63) is 90.0 Å². The summed E-state index contributed by atoms with van der Waals surface area (Å²) in [5.41, 5.74) is 8.86. The molecule has 28 heavy (non-hydrogen) atoms. The van der Waals surface area contributed by atoms with Crippen molar-refractivity contribution in [1.82, 2.24) is 0 Å². The molecule has 0 aliphatic carbocycles. The second-order valence-corrected chi connectivity index (χ2v) is 6.13. The zero-order valence-corrected chi connectivity index (χ0v) is 15.6. The van der Waals surface area contributed by atoms with Gasteiger partial charge in [0.2, 0.25) is 5.91 Å². The number of carbonyl (C=O) groups excluding carboxylic acids is 1. The molecule has 3 aromatic rings. The quantitative estimate of drug-likeness (QED) is 0.471. The van der Waals surface area contributed by atoms with Crippen LogP contribution < -0.4 is 20.5 Å². The molecule has 0 unspecified atom stereocenters. The largest absolute Gasteiger partial charge is 0.494 e. The summed E-state index contributed by atoms with van der Waals surface area (Å²) in [4.78, 5) is 12.2. The van der Waals surface area contributed by atoms with Gasteiger partial charge in [-0.05, 0) is 41.5 Å². The summed E-state index contributed by atoms with van der Waals surface area (Å²) in [5, 5.41) is 2.78. The van der Waals surface area contributed by atoms with Crippen LogP contribution in [0.15, 0.2) is 78.9 Å². The van der Waals surface area contributed by atoms with E-state index in [1.54, 1.807) is 24.3 Å². The Bertz CT molecular complexity index is 951. The highest BCUT2D eigenvalue weighted by molar-refractivity contribution is 6.02. The van der Waals surface area contributed by atoms with Gasteiger partial charge in [0, 0.05) is 17.8 Å². The van der Waals surface area contributed by atoms with Gasteiger partial charge in [-0.15, -0.1) is 0 Å². The molecule has 0 saturated carbocycles. The number of rotatable bonds is 7. The van der Waals surface area contributed by atoms with Gasteiger partial charge in [0.25, 0.3) is 0 Å². The fourth-order valence-corrected chi connectivity index (χ4v) is 2.57. The van der Waals surface area contributed by atoms with Crippen LogP contribution in [0.4, 0.5) is 11.4 Å². The Morgan fingerprint density at radius 1 is 1.04 bits per heavy atom. The monoisotopic (exact) mass is 374 g/mol. The van der Waals surface area contributed by atoms with E-state index in [-0.39, 0.29) is 5.91 Å². The first-order chi connectivity index (χ1) is 13.6. The normalized spacial score (nSPS) is 10.6. The van der Waals surface area contributed by atoms with Crippen LogP contribution >= 0.6 is 0 Å². The molecule has 0 spiro atoms. The van der Waals surface area contributed by atoms with E-state index in [0.717, 1.165) is 16.9 Å². The molecular formula is C23H22N2O3. The minimum Gasteiger partial charge on any atom is -0.494 e. The average molecular weight is 374 g/mol. The second-order valence-electron chi connectivity index (χ2n) is 6.13. The van der Waals surface area contributed by atoms with Gasteiger partial charge in [0.1, 0.15) is 18.1 Å². The number of nitrogen functional groups attached to an aromatic ring is 1. The number of hydrogen-bond donors (Lipinski definition) is 2. The van der Waals surface area contributed by atoms with E-state index < -0.39 is 0 Å². The van der Waals surface area contributed by atoms with E-state index in [9.17, 15) is 4.79 Å². The summed E-state index contributed by atoms with van der Waals surface area (Å²) < 4.78 is 11.0. The molecule has 3 rings (SSSR count). The number of carbonyl (C=O) groups is 1. The number of benzene rings is 3. The Hall–Kier alpha value is -3.73. The minimum atomic E-state index is -0.257. The van der Waals surface area contributed by atoms with E-state index in [2.05, 4.69) is 5.32 Å². The van der Waals surface area contributed by atoms with Crippen LogP contribution in [-0.4, -0.2) is 13.0 Å². The van der Waals surface area contributed by atoms with Gasteiger partial charge in [-0.2, -0.15) is 0 Å². The lowest BCUT2D eigenvalue weighted by Gasteiger charge is -2.09. The van der Waals surface area contributed by atoms with E-state index in [1.165, 1.54) is 13.2 Å². The van der Waals surface area contributed by atoms with E-state index >= 15 is 0 Å². The molecule has 3 aromatic carbocycles. The Balaban J connectivity index is 1.56. The van der Waals surface area contributed by atoms with E-state index in [4.69, 9.17) is 15.2 Å². The van der Waals surface area contributed by atoms with Gasteiger partial charge < -0.3 is 20.5 Å². The SMILES string of the molecule is COc1cc(N)ccc1NC(=O)/C=C/c1ccc(OCc2ccccc2)cc1. The summed E-state index contributed by atoms with van der Waals surface area (Å²) in [7, 11) is 1.53. The van der Waals surface area contributed by atoms with Crippen LogP contribution in [0.25, 0.3) is 6.08 Å². The fraction of sp³-hybridized carbons (Fsp3) is 0.0870. The van der Waals surface area contributed by atoms with Gasteiger partial charge in [-0.1, -0.05) is 42.5 Å². The average Bonchev–Trinajstić information content (AvgIpc) is 2.73. The summed E-state index contributed by atoms with van der Waals surface area (Å²) in [5.74, 6) is 1.03. The molecule has 5 nitrogen and oxygen atoms in total. The highest BCUT2D eigenvalue weighted by Crippen LogP contribution is 2.26. The number of ether oxygens (including phenoxy) is 2. The Morgan fingerprint density at radius 2 is 1.79 bits per heavy atom. The number of methoxy groups -OCH3 is 1. The smallest absolute Gasteiger partial charge is 0.248 e. The number of nitrogens with two attached hydrogens (primary N) is 1. The van der Waals surface area contributed by atoms with Crippen molar-refractivity contribution >= 4 is 23.4 Å². The first-order valence-corrected chi connectivity index (χ1v) is 8.83. The minimum absolute atomic E-state index is 0.257. The molecule has 142 valence electrons. The molecule has 5 heteroatoms. The standard InChI is InChI=1S/C23H22N2O3/c1-27-22-15-19(24)10-13-21(22)25-23(26)14-9-17-7-11-20(12-8-17)28-16-18-5-3-2-4-6-18/h2-15H,16,24H2,1H3,(H,25,26)/b14-9+. The van der Waals surface area contributed by atoms with Crippen molar-refractivity contribution in [3.63, 3.8) is 0 Å². The maximum Gasteiger partial charge on any atom is 0.248 e. The summed E-state index contributed by atoms with van der Waals surface area (Å²) in [6.45, 7) is 0.516. The number of anilines is 2. The molecule has 0 bridgehead atoms. The van der Waals surface area contributed by atoms with Crippen molar-refractivity contribution in [2.45, 2.75) is 6.61 Å². The molecule has 1 amide bonds. The van der Waals surface area contributed by atoms with Gasteiger partial charge in [0.05, 0.1) is 12.8 Å². The van der Waals surface area contributed by atoms with Gasteiger partial charge in [0.15, 0.2) is 0 Å². The first kappa shape index (κ1) is 19.0. The van der Waals surface area contributed by atoms with Gasteiger partial charge in [-0.3, -0.25) is 4.79 Å². The zero-order chi connectivity index (χ0) is 19.8. The molecule has 0 aliphatic heterocycles. The Morgan fingerprint density at radius 3 is 2.50 bits per heavy atom. The Kier molecular flexibility index (Phi) is 6.31. The number of nitrogens with one attached hydrogen (secondary N) is 1. The number of hydrogen-bond acceptors (Lipinski definition) is 4. The molecular weight excluding hydrogens is 352 g/mol. The maximum absolute atomic E-state index is 12.2. The van der Waals surface area contributed by atoms with Crippen LogP contribution in [0.1, 0.15) is 11.1 Å². The Labute approximate surface area is 164 Å². The topological polar surface area (TPSA) is 73.6 Å². The van der Waals surface area contributed by atoms with Crippen molar-refractivity contribution in [3.8, 4) is 11.5 Å². The molecule has 0 heterocycles. The molecule has 0 radical (unpaired) electrons. The molecule has 0 fully saturated rings. The lowest BCUT2D eigenvalue weighted by Crippen LogP contribution is -2.09. The molecule has 0 aliphatic rings. The number of amides is 1. The zero-order valence-electron chi connectivity index (χ0n) is 15.6. The van der Waals surface area contributed by atoms with Crippen LogP contribution in [0.2, 0.25) is 0 Å². The van der Waals surface area contributed by atoms with Crippen LogP contribution in [0.3, 0.4) is 0 Å². The predicted molar refractivity (Wildman–Crippen MR) is 112 cm³/mol. The van der Waals surface area contributed by atoms with Gasteiger partial charge in [-0.25, -0.2) is 0 Å².